The van der Waals surface area contributed by atoms with Gasteiger partial charge >= 0.3 is 0 Å². The molecule has 0 amide bonds. The molecule has 0 fully saturated rings. The fourth-order valence-corrected chi connectivity index (χ4v) is 3.83. The minimum absolute atomic E-state index is 0.343. The van der Waals surface area contributed by atoms with Crippen LogP contribution >= 0.6 is 11.3 Å². The summed E-state index contributed by atoms with van der Waals surface area (Å²) in [5.74, 6) is 1.24. The van der Waals surface area contributed by atoms with Crippen molar-refractivity contribution in [1.29, 1.82) is 0 Å². The topological polar surface area (TPSA) is 76.7 Å². The predicted octanol–water partition coefficient (Wildman–Crippen LogP) is 4.03. The van der Waals surface area contributed by atoms with Gasteiger partial charge in [-0.2, -0.15) is 0 Å². The van der Waals surface area contributed by atoms with E-state index in [0.717, 1.165) is 51.9 Å². The number of rotatable bonds is 5. The van der Waals surface area contributed by atoms with E-state index in [1.165, 1.54) is 0 Å². The number of aryl methyl sites for hydroxylation is 4. The van der Waals surface area contributed by atoms with Crippen LogP contribution in [0.3, 0.4) is 0 Å². The SMILES string of the molecule is Cc1cc(-c2nccn2CCc2csc(-c3cnccn3)n2)cc(C)c1O. The van der Waals surface area contributed by atoms with Crippen LogP contribution in [0.2, 0.25) is 0 Å². The van der Waals surface area contributed by atoms with Crippen molar-refractivity contribution in [2.75, 3.05) is 0 Å². The molecule has 3 heterocycles. The smallest absolute Gasteiger partial charge is 0.143 e. The molecule has 0 unspecified atom stereocenters. The molecule has 6 nitrogen and oxygen atoms in total. The molecule has 1 aromatic carbocycles. The highest BCUT2D eigenvalue weighted by molar-refractivity contribution is 7.13. The molecule has 7 heteroatoms. The molecule has 4 rings (SSSR count). The maximum absolute atomic E-state index is 10.0. The van der Waals surface area contributed by atoms with Crippen molar-refractivity contribution in [3.8, 4) is 27.8 Å². The van der Waals surface area contributed by atoms with E-state index in [0.29, 0.717) is 5.75 Å². The summed E-state index contributed by atoms with van der Waals surface area (Å²) in [6.45, 7) is 4.59. The zero-order valence-corrected chi connectivity index (χ0v) is 15.9. The third-order valence-electron chi connectivity index (χ3n) is 4.41. The molecule has 0 saturated heterocycles. The van der Waals surface area contributed by atoms with Crippen molar-refractivity contribution in [2.24, 2.45) is 0 Å². The molecule has 0 spiro atoms. The summed E-state index contributed by atoms with van der Waals surface area (Å²) in [5, 5.41) is 13.0. The number of hydrogen-bond donors (Lipinski definition) is 1. The van der Waals surface area contributed by atoms with E-state index in [9.17, 15) is 5.11 Å². The molecular weight excluding hydrogens is 358 g/mol. The Hall–Kier alpha value is -3.06. The maximum Gasteiger partial charge on any atom is 0.143 e. The first-order chi connectivity index (χ1) is 13.1. The average molecular weight is 377 g/mol. The van der Waals surface area contributed by atoms with Crippen molar-refractivity contribution in [1.82, 2.24) is 24.5 Å². The van der Waals surface area contributed by atoms with Crippen molar-refractivity contribution >= 4 is 11.3 Å². The third-order valence-corrected chi connectivity index (χ3v) is 5.32. The Bertz CT molecular complexity index is 1050. The molecule has 1 N–H and O–H groups in total. The lowest BCUT2D eigenvalue weighted by atomic mass is 10.1. The monoisotopic (exact) mass is 377 g/mol. The van der Waals surface area contributed by atoms with Crippen LogP contribution in [0.1, 0.15) is 16.8 Å². The van der Waals surface area contributed by atoms with Gasteiger partial charge in [-0.15, -0.1) is 11.3 Å². The van der Waals surface area contributed by atoms with E-state index in [4.69, 9.17) is 0 Å². The minimum atomic E-state index is 0.343. The lowest BCUT2D eigenvalue weighted by Gasteiger charge is -2.10. The Morgan fingerprint density at radius 1 is 1.07 bits per heavy atom. The molecule has 0 radical (unpaired) electrons. The number of imidazole rings is 1. The number of nitrogens with zero attached hydrogens (tertiary/aromatic N) is 5. The lowest BCUT2D eigenvalue weighted by molar-refractivity contribution is 0.467. The molecule has 0 bridgehead atoms. The number of benzene rings is 1. The summed E-state index contributed by atoms with van der Waals surface area (Å²) >= 11 is 1.58. The molecule has 4 aromatic rings. The van der Waals surface area contributed by atoms with Crippen molar-refractivity contribution in [2.45, 2.75) is 26.8 Å². The maximum atomic E-state index is 10.0. The molecule has 0 saturated carbocycles. The van der Waals surface area contributed by atoms with E-state index in [-0.39, 0.29) is 0 Å². The van der Waals surface area contributed by atoms with Gasteiger partial charge in [0, 0.05) is 48.7 Å². The Morgan fingerprint density at radius 2 is 1.89 bits per heavy atom. The van der Waals surface area contributed by atoms with E-state index in [1.807, 2.05) is 32.2 Å². The van der Waals surface area contributed by atoms with E-state index in [1.54, 1.807) is 36.1 Å². The van der Waals surface area contributed by atoms with Gasteiger partial charge in [0.15, 0.2) is 0 Å². The fraction of sp³-hybridized carbons (Fsp3) is 0.200. The second-order valence-electron chi connectivity index (χ2n) is 6.39. The first-order valence-corrected chi connectivity index (χ1v) is 9.52. The fourth-order valence-electron chi connectivity index (χ4n) is 3.02. The quantitative estimate of drug-likeness (QED) is 0.568. The lowest BCUT2D eigenvalue weighted by Crippen LogP contribution is -2.03. The Morgan fingerprint density at radius 3 is 2.63 bits per heavy atom. The number of thiazole rings is 1. The van der Waals surface area contributed by atoms with Crippen LogP contribution in [0.4, 0.5) is 0 Å². The van der Waals surface area contributed by atoms with Crippen LogP contribution in [0, 0.1) is 13.8 Å². The van der Waals surface area contributed by atoms with Crippen LogP contribution in [0.15, 0.2) is 48.5 Å². The highest BCUT2D eigenvalue weighted by atomic mass is 32.1. The van der Waals surface area contributed by atoms with Gasteiger partial charge in [0.05, 0.1) is 11.9 Å². The first kappa shape index (κ1) is 17.4. The van der Waals surface area contributed by atoms with Crippen LogP contribution in [0.25, 0.3) is 22.1 Å². The Balaban J connectivity index is 1.52. The minimum Gasteiger partial charge on any atom is -0.507 e. The standard InChI is InChI=1S/C20H19N5OS/c1-13-9-15(10-14(2)18(13)26)19-23-6-8-25(19)7-3-16-12-27-20(24-16)17-11-21-4-5-22-17/h4-6,8-12,26H,3,7H2,1-2H3. The summed E-state index contributed by atoms with van der Waals surface area (Å²) in [7, 11) is 0. The van der Waals surface area contributed by atoms with Crippen molar-refractivity contribution in [3.63, 3.8) is 0 Å². The van der Waals surface area contributed by atoms with Crippen molar-refractivity contribution in [3.05, 3.63) is 65.3 Å². The number of aromatic nitrogens is 5. The summed E-state index contributed by atoms with van der Waals surface area (Å²) in [6.07, 6.45) is 9.64. The van der Waals surface area contributed by atoms with E-state index in [2.05, 4.69) is 29.9 Å². The zero-order chi connectivity index (χ0) is 18.8. The average Bonchev–Trinajstić information content (AvgIpc) is 3.34. The predicted molar refractivity (Wildman–Crippen MR) is 106 cm³/mol. The van der Waals surface area contributed by atoms with Gasteiger partial charge in [-0.1, -0.05) is 0 Å². The van der Waals surface area contributed by atoms with Gasteiger partial charge in [0.25, 0.3) is 0 Å². The molecule has 0 aliphatic rings. The molecule has 0 aliphatic heterocycles. The summed E-state index contributed by atoms with van der Waals surface area (Å²) in [4.78, 5) is 17.6. The second kappa shape index (κ2) is 7.28. The summed E-state index contributed by atoms with van der Waals surface area (Å²) in [5.41, 5.74) is 4.54. The highest BCUT2D eigenvalue weighted by Crippen LogP contribution is 2.28. The second-order valence-corrected chi connectivity index (χ2v) is 7.25. The van der Waals surface area contributed by atoms with Crippen LogP contribution < -0.4 is 0 Å². The Kier molecular flexibility index (Phi) is 4.68. The van der Waals surface area contributed by atoms with Gasteiger partial charge in [-0.05, 0) is 37.1 Å². The highest BCUT2D eigenvalue weighted by Gasteiger charge is 2.11. The Labute approximate surface area is 161 Å². The normalized spacial score (nSPS) is 11.0. The van der Waals surface area contributed by atoms with Gasteiger partial charge in [-0.3, -0.25) is 9.97 Å². The molecule has 0 aliphatic carbocycles. The molecule has 136 valence electrons. The van der Waals surface area contributed by atoms with Crippen LogP contribution in [0.5, 0.6) is 5.75 Å². The molecule has 27 heavy (non-hydrogen) atoms. The van der Waals surface area contributed by atoms with Crippen LogP contribution in [-0.2, 0) is 13.0 Å². The summed E-state index contributed by atoms with van der Waals surface area (Å²) in [6, 6.07) is 3.94. The van der Waals surface area contributed by atoms with E-state index >= 15 is 0 Å². The molecule has 3 aromatic heterocycles. The number of phenols is 1. The van der Waals surface area contributed by atoms with Gasteiger partial charge < -0.3 is 9.67 Å². The summed E-state index contributed by atoms with van der Waals surface area (Å²) < 4.78 is 2.12. The largest absolute Gasteiger partial charge is 0.507 e. The van der Waals surface area contributed by atoms with Gasteiger partial charge in [0.1, 0.15) is 22.3 Å². The molecular formula is C20H19N5OS. The van der Waals surface area contributed by atoms with Gasteiger partial charge in [-0.25, -0.2) is 9.97 Å². The van der Waals surface area contributed by atoms with Crippen molar-refractivity contribution < 1.29 is 5.11 Å². The number of aromatic hydroxyl groups is 1. The van der Waals surface area contributed by atoms with E-state index < -0.39 is 0 Å². The zero-order valence-electron chi connectivity index (χ0n) is 15.1. The third kappa shape index (κ3) is 3.59. The molecule has 0 atom stereocenters. The number of hydrogen-bond acceptors (Lipinski definition) is 6. The van der Waals surface area contributed by atoms with Crippen LogP contribution in [-0.4, -0.2) is 29.6 Å². The first-order valence-electron chi connectivity index (χ1n) is 8.64. The van der Waals surface area contributed by atoms with Gasteiger partial charge in [0.2, 0.25) is 0 Å². The number of phenolic OH excluding ortho intramolecular Hbond substituents is 1.